The van der Waals surface area contributed by atoms with Gasteiger partial charge in [-0.2, -0.15) is 0 Å². The molecule has 0 fully saturated rings. The molecule has 0 spiro atoms. The fourth-order valence-electron chi connectivity index (χ4n) is 0.449. The molecule has 0 saturated carbocycles. The Balaban J connectivity index is 3.64. The highest BCUT2D eigenvalue weighted by molar-refractivity contribution is 5.00. The third-order valence-corrected chi connectivity index (χ3v) is 1.00. The topological polar surface area (TPSA) is 46.2 Å². The van der Waals surface area contributed by atoms with E-state index in [2.05, 4.69) is 6.58 Å². The number of aliphatic hydroxyl groups excluding tert-OH is 1. The summed E-state index contributed by atoms with van der Waals surface area (Å²) in [5.41, 5.74) is 6.05. The summed E-state index contributed by atoms with van der Waals surface area (Å²) in [5, 5.41) is 8.98. The first kappa shape index (κ1) is 7.66. The molecule has 0 aliphatic rings. The molecule has 8 heavy (non-hydrogen) atoms. The maximum absolute atomic E-state index is 8.98. The minimum Gasteiger partial charge on any atom is -0.387 e. The summed E-state index contributed by atoms with van der Waals surface area (Å²) in [6.45, 7) is 7.05. The summed E-state index contributed by atoms with van der Waals surface area (Å²) < 4.78 is 0. The smallest absolute Gasteiger partial charge is 0.0892 e. The molecule has 0 aromatic carbocycles. The van der Waals surface area contributed by atoms with Crippen LogP contribution in [0.3, 0.4) is 0 Å². The molecule has 0 bridgehead atoms. The third-order valence-electron chi connectivity index (χ3n) is 1.00. The second-order valence-electron chi connectivity index (χ2n) is 2.15. The molecule has 0 rings (SSSR count). The van der Waals surface area contributed by atoms with Crippen molar-refractivity contribution in [1.82, 2.24) is 0 Å². The van der Waals surface area contributed by atoms with Crippen LogP contribution >= 0.6 is 0 Å². The van der Waals surface area contributed by atoms with Crippen molar-refractivity contribution in [3.63, 3.8) is 0 Å². The van der Waals surface area contributed by atoms with E-state index < -0.39 is 6.10 Å². The number of rotatable bonds is 2. The summed E-state index contributed by atoms with van der Waals surface area (Å²) in [4.78, 5) is 0. The second kappa shape index (κ2) is 2.84. The van der Waals surface area contributed by atoms with Crippen LogP contribution in [0, 0.1) is 0 Å². The van der Waals surface area contributed by atoms with E-state index in [9.17, 15) is 0 Å². The van der Waals surface area contributed by atoms with Crippen molar-refractivity contribution >= 4 is 0 Å². The molecule has 0 amide bonds. The highest BCUT2D eigenvalue weighted by Crippen LogP contribution is 1.99. The zero-order valence-corrected chi connectivity index (χ0v) is 5.39. The van der Waals surface area contributed by atoms with Crippen molar-refractivity contribution in [1.29, 1.82) is 0 Å². The molecule has 0 heterocycles. The number of aliphatic hydroxyl groups is 1. The summed E-state index contributed by atoms with van der Waals surface area (Å²) in [5.74, 6) is 0. The lowest BCUT2D eigenvalue weighted by molar-refractivity contribution is 0.187. The van der Waals surface area contributed by atoms with E-state index in [1.807, 2.05) is 0 Å². The van der Waals surface area contributed by atoms with Crippen molar-refractivity contribution in [2.75, 3.05) is 0 Å². The Labute approximate surface area is 50.0 Å². The van der Waals surface area contributed by atoms with Crippen molar-refractivity contribution in [3.05, 3.63) is 12.2 Å². The van der Waals surface area contributed by atoms with Crippen molar-refractivity contribution in [3.8, 4) is 0 Å². The molecule has 0 aromatic rings. The number of nitrogens with two attached hydrogens (primary N) is 1. The minimum absolute atomic E-state index is 0.201. The standard InChI is InChI=1S/C6H13NO/c1-4(2)6(8)5(3)7/h5-6,8H,1,7H2,2-3H3. The molecule has 3 N–H and O–H groups in total. The van der Waals surface area contributed by atoms with E-state index in [4.69, 9.17) is 10.8 Å². The van der Waals surface area contributed by atoms with Crippen LogP contribution in [0.15, 0.2) is 12.2 Å². The SMILES string of the molecule is C=C(C)C(O)C(C)N. The molecule has 2 atom stereocenters. The van der Waals surface area contributed by atoms with Gasteiger partial charge in [0, 0.05) is 6.04 Å². The van der Waals surface area contributed by atoms with Gasteiger partial charge >= 0.3 is 0 Å². The molecule has 0 saturated heterocycles. The van der Waals surface area contributed by atoms with Crippen LogP contribution in [0.4, 0.5) is 0 Å². The van der Waals surface area contributed by atoms with E-state index in [0.29, 0.717) is 0 Å². The average molecular weight is 115 g/mol. The van der Waals surface area contributed by atoms with Crippen LogP contribution in [0.1, 0.15) is 13.8 Å². The number of hydrogen-bond donors (Lipinski definition) is 2. The molecule has 0 radical (unpaired) electrons. The van der Waals surface area contributed by atoms with Gasteiger partial charge < -0.3 is 10.8 Å². The van der Waals surface area contributed by atoms with Gasteiger partial charge in [0.1, 0.15) is 0 Å². The lowest BCUT2D eigenvalue weighted by Crippen LogP contribution is -2.31. The van der Waals surface area contributed by atoms with E-state index in [-0.39, 0.29) is 6.04 Å². The summed E-state index contributed by atoms with van der Waals surface area (Å²) in [6, 6.07) is -0.201. The van der Waals surface area contributed by atoms with Gasteiger partial charge in [-0.3, -0.25) is 0 Å². The Hall–Kier alpha value is -0.340. The molecular weight excluding hydrogens is 102 g/mol. The Morgan fingerprint density at radius 1 is 1.75 bits per heavy atom. The van der Waals surface area contributed by atoms with E-state index in [1.165, 1.54) is 0 Å². The van der Waals surface area contributed by atoms with Gasteiger partial charge in [0.15, 0.2) is 0 Å². The van der Waals surface area contributed by atoms with Crippen molar-refractivity contribution in [2.45, 2.75) is 26.0 Å². The highest BCUT2D eigenvalue weighted by atomic mass is 16.3. The molecule has 0 aliphatic carbocycles. The Bertz CT molecular complexity index is 88.5. The minimum atomic E-state index is -0.546. The molecular formula is C6H13NO. The second-order valence-corrected chi connectivity index (χ2v) is 2.15. The van der Waals surface area contributed by atoms with Crippen LogP contribution in [0.2, 0.25) is 0 Å². The normalized spacial score (nSPS) is 17.5. The largest absolute Gasteiger partial charge is 0.387 e. The van der Waals surface area contributed by atoms with Crippen LogP contribution < -0.4 is 5.73 Å². The Kier molecular flexibility index (Phi) is 2.72. The van der Waals surface area contributed by atoms with E-state index in [0.717, 1.165) is 5.57 Å². The van der Waals surface area contributed by atoms with Crippen LogP contribution in [0.25, 0.3) is 0 Å². The first-order chi connectivity index (χ1) is 3.55. The predicted molar refractivity (Wildman–Crippen MR) is 34.5 cm³/mol. The molecule has 0 aliphatic heterocycles. The van der Waals surface area contributed by atoms with Gasteiger partial charge in [0.25, 0.3) is 0 Å². The van der Waals surface area contributed by atoms with Gasteiger partial charge in [-0.05, 0) is 13.8 Å². The van der Waals surface area contributed by atoms with E-state index >= 15 is 0 Å². The van der Waals surface area contributed by atoms with Gasteiger partial charge in [-0.25, -0.2) is 0 Å². The Morgan fingerprint density at radius 2 is 2.12 bits per heavy atom. The van der Waals surface area contributed by atoms with Crippen LogP contribution in [-0.2, 0) is 0 Å². The van der Waals surface area contributed by atoms with E-state index in [1.54, 1.807) is 13.8 Å². The summed E-state index contributed by atoms with van der Waals surface area (Å²) in [6.07, 6.45) is -0.546. The van der Waals surface area contributed by atoms with Gasteiger partial charge in [0.05, 0.1) is 6.10 Å². The molecule has 2 nitrogen and oxygen atoms in total. The van der Waals surface area contributed by atoms with Gasteiger partial charge in [-0.15, -0.1) is 0 Å². The molecule has 2 unspecified atom stereocenters. The monoisotopic (exact) mass is 115 g/mol. The van der Waals surface area contributed by atoms with Crippen LogP contribution in [0.5, 0.6) is 0 Å². The quantitative estimate of drug-likeness (QED) is 0.507. The highest BCUT2D eigenvalue weighted by Gasteiger charge is 2.07. The van der Waals surface area contributed by atoms with Crippen molar-refractivity contribution < 1.29 is 5.11 Å². The van der Waals surface area contributed by atoms with Crippen LogP contribution in [-0.4, -0.2) is 17.3 Å². The third kappa shape index (κ3) is 2.09. The molecule has 48 valence electrons. The average Bonchev–Trinajstić information content (AvgIpc) is 1.64. The molecule has 0 aromatic heterocycles. The maximum atomic E-state index is 8.98. The fraction of sp³-hybridized carbons (Fsp3) is 0.667. The molecule has 2 heteroatoms. The first-order valence-electron chi connectivity index (χ1n) is 2.64. The van der Waals surface area contributed by atoms with Crippen molar-refractivity contribution in [2.24, 2.45) is 5.73 Å². The lowest BCUT2D eigenvalue weighted by Gasteiger charge is -2.12. The van der Waals surface area contributed by atoms with Gasteiger partial charge in [0.2, 0.25) is 0 Å². The summed E-state index contributed by atoms with van der Waals surface area (Å²) >= 11 is 0. The Morgan fingerprint density at radius 3 is 2.12 bits per heavy atom. The summed E-state index contributed by atoms with van der Waals surface area (Å²) in [7, 11) is 0. The number of hydrogen-bond acceptors (Lipinski definition) is 2. The lowest BCUT2D eigenvalue weighted by atomic mass is 10.1. The predicted octanol–water partition coefficient (Wildman–Crippen LogP) is 0.271. The first-order valence-corrected chi connectivity index (χ1v) is 2.64. The maximum Gasteiger partial charge on any atom is 0.0892 e. The van der Waals surface area contributed by atoms with Gasteiger partial charge in [-0.1, -0.05) is 12.2 Å². The zero-order chi connectivity index (χ0) is 6.73. The fourth-order valence-corrected chi connectivity index (χ4v) is 0.449. The zero-order valence-electron chi connectivity index (χ0n) is 5.39.